The van der Waals surface area contributed by atoms with Crippen LogP contribution in [-0.2, 0) is 17.4 Å². The van der Waals surface area contributed by atoms with Gasteiger partial charge >= 0.3 is 12.1 Å². The Kier molecular flexibility index (Phi) is 4.93. The van der Waals surface area contributed by atoms with Crippen LogP contribution in [0.15, 0.2) is 36.4 Å². The number of hydrogen-bond acceptors (Lipinski definition) is 4. The summed E-state index contributed by atoms with van der Waals surface area (Å²) in [6.45, 7) is 0. The third-order valence-corrected chi connectivity index (χ3v) is 3.97. The number of carboxylic acid groups (broad SMARTS) is 1. The summed E-state index contributed by atoms with van der Waals surface area (Å²) >= 11 is 0. The summed E-state index contributed by atoms with van der Waals surface area (Å²) in [5.74, 6) is -0.0282. The number of anilines is 2. The Hall–Kier alpha value is -3.23. The molecule has 6 nitrogen and oxygen atoms in total. The lowest BCUT2D eigenvalue weighted by Gasteiger charge is -2.07. The van der Waals surface area contributed by atoms with Crippen molar-refractivity contribution in [3.8, 4) is 5.75 Å². The lowest BCUT2D eigenvalue weighted by Crippen LogP contribution is -2.04. The number of H-pyrrole nitrogens is 1. The number of aliphatic carboxylic acids is 1. The van der Waals surface area contributed by atoms with Gasteiger partial charge in [-0.25, -0.2) is 4.98 Å². The number of carbonyl (C=O) groups is 1. The summed E-state index contributed by atoms with van der Waals surface area (Å²) in [5.41, 5.74) is 1.66. The van der Waals surface area contributed by atoms with Gasteiger partial charge in [0.15, 0.2) is 0 Å². The predicted molar refractivity (Wildman–Crippen MR) is 93.3 cm³/mol. The minimum absolute atomic E-state index is 0.0387. The second-order valence-corrected chi connectivity index (χ2v) is 5.86. The average molecular weight is 379 g/mol. The summed E-state index contributed by atoms with van der Waals surface area (Å²) in [6, 6.07) is 8.03. The molecular formula is C18H16F3N3O3. The van der Waals surface area contributed by atoms with Crippen molar-refractivity contribution < 1.29 is 27.8 Å². The van der Waals surface area contributed by atoms with Crippen LogP contribution in [0, 0.1) is 0 Å². The first-order valence-electron chi connectivity index (χ1n) is 7.99. The third kappa shape index (κ3) is 4.30. The zero-order chi connectivity index (χ0) is 19.6. The summed E-state index contributed by atoms with van der Waals surface area (Å²) in [5, 5.41) is 11.8. The van der Waals surface area contributed by atoms with Crippen molar-refractivity contribution in [3.05, 3.63) is 47.5 Å². The molecule has 0 radical (unpaired) electrons. The molecule has 0 atom stereocenters. The number of aromatic amines is 1. The van der Waals surface area contributed by atoms with E-state index in [1.54, 1.807) is 12.1 Å². The van der Waals surface area contributed by atoms with E-state index in [4.69, 9.17) is 9.84 Å². The molecule has 0 aliphatic rings. The molecule has 3 rings (SSSR count). The van der Waals surface area contributed by atoms with Crippen LogP contribution in [0.5, 0.6) is 5.75 Å². The molecular weight excluding hydrogens is 363 g/mol. The largest absolute Gasteiger partial charge is 0.496 e. The van der Waals surface area contributed by atoms with Crippen molar-refractivity contribution in [3.63, 3.8) is 0 Å². The molecule has 1 aromatic heterocycles. The number of nitrogens with one attached hydrogen (secondary N) is 2. The number of methoxy groups -OCH3 is 1. The molecule has 3 aromatic rings. The minimum atomic E-state index is -4.39. The van der Waals surface area contributed by atoms with E-state index in [0.29, 0.717) is 40.4 Å². The number of alkyl halides is 3. The van der Waals surface area contributed by atoms with E-state index in [9.17, 15) is 18.0 Å². The molecule has 0 bridgehead atoms. The molecule has 0 aliphatic carbocycles. The van der Waals surface area contributed by atoms with Gasteiger partial charge < -0.3 is 20.1 Å². The van der Waals surface area contributed by atoms with Gasteiger partial charge in [0.25, 0.3) is 0 Å². The second-order valence-electron chi connectivity index (χ2n) is 5.86. The number of halogens is 3. The van der Waals surface area contributed by atoms with Crippen molar-refractivity contribution >= 4 is 28.6 Å². The molecule has 9 heteroatoms. The average Bonchev–Trinajstić information content (AvgIpc) is 2.99. The molecule has 0 unspecified atom stereocenters. The smallest absolute Gasteiger partial charge is 0.416 e. The number of nitrogens with zero attached hydrogens (tertiary/aromatic N) is 1. The topological polar surface area (TPSA) is 87.2 Å². The highest BCUT2D eigenvalue weighted by atomic mass is 19.4. The SMILES string of the molecule is COc1cc2[nH]c(Nc3ccc(C(F)(F)F)cc3)nc2cc1CCC(=O)O. The number of ether oxygens (including phenoxy) is 1. The Balaban J connectivity index is 1.84. The Morgan fingerprint density at radius 2 is 1.96 bits per heavy atom. The molecule has 0 fully saturated rings. The quantitative estimate of drug-likeness (QED) is 0.593. The van der Waals surface area contributed by atoms with E-state index in [1.165, 1.54) is 19.2 Å². The highest BCUT2D eigenvalue weighted by Gasteiger charge is 2.29. The van der Waals surface area contributed by atoms with Gasteiger partial charge in [-0.3, -0.25) is 4.79 Å². The number of aromatic nitrogens is 2. The van der Waals surface area contributed by atoms with Crippen molar-refractivity contribution in [2.45, 2.75) is 19.0 Å². The number of rotatable bonds is 6. The number of aryl methyl sites for hydroxylation is 1. The zero-order valence-electron chi connectivity index (χ0n) is 14.2. The van der Waals surface area contributed by atoms with Gasteiger partial charge in [-0.05, 0) is 42.3 Å². The normalized spacial score (nSPS) is 11.6. The summed E-state index contributed by atoms with van der Waals surface area (Å²) < 4.78 is 43.2. The van der Waals surface area contributed by atoms with Crippen LogP contribution in [0.1, 0.15) is 17.5 Å². The molecule has 142 valence electrons. The number of hydrogen-bond donors (Lipinski definition) is 3. The van der Waals surface area contributed by atoms with Crippen molar-refractivity contribution in [1.29, 1.82) is 0 Å². The van der Waals surface area contributed by atoms with Crippen LogP contribution >= 0.6 is 0 Å². The number of benzene rings is 2. The highest BCUT2D eigenvalue weighted by molar-refractivity contribution is 5.81. The van der Waals surface area contributed by atoms with Crippen molar-refractivity contribution in [2.24, 2.45) is 0 Å². The van der Waals surface area contributed by atoms with Crippen LogP contribution in [0.25, 0.3) is 11.0 Å². The Bertz CT molecular complexity index is 966. The number of imidazole rings is 1. The van der Waals surface area contributed by atoms with E-state index in [0.717, 1.165) is 12.1 Å². The molecule has 0 amide bonds. The fourth-order valence-corrected chi connectivity index (χ4v) is 2.65. The maximum Gasteiger partial charge on any atom is 0.416 e. The fourth-order valence-electron chi connectivity index (χ4n) is 2.65. The Labute approximate surface area is 152 Å². The van der Waals surface area contributed by atoms with Crippen LogP contribution in [0.4, 0.5) is 24.8 Å². The second kappa shape index (κ2) is 7.18. The molecule has 27 heavy (non-hydrogen) atoms. The van der Waals surface area contributed by atoms with Crippen LogP contribution in [-0.4, -0.2) is 28.2 Å². The van der Waals surface area contributed by atoms with Gasteiger partial charge in [-0.15, -0.1) is 0 Å². The standard InChI is InChI=1S/C18H16F3N3O3/c1-27-15-9-14-13(8-10(15)2-7-16(25)26)23-17(24-14)22-12-5-3-11(4-6-12)18(19,20)21/h3-6,8-9H,2,7H2,1H3,(H,25,26)(H2,22,23,24). The van der Waals surface area contributed by atoms with E-state index in [-0.39, 0.29) is 6.42 Å². The maximum atomic E-state index is 12.6. The van der Waals surface area contributed by atoms with Gasteiger partial charge in [0.2, 0.25) is 5.95 Å². The minimum Gasteiger partial charge on any atom is -0.496 e. The van der Waals surface area contributed by atoms with Gasteiger partial charge in [-0.2, -0.15) is 13.2 Å². The highest BCUT2D eigenvalue weighted by Crippen LogP contribution is 2.31. The Morgan fingerprint density at radius 1 is 1.26 bits per heavy atom. The first kappa shape index (κ1) is 18.6. The molecule has 0 saturated heterocycles. The van der Waals surface area contributed by atoms with E-state index in [1.807, 2.05) is 0 Å². The summed E-state index contributed by atoms with van der Waals surface area (Å²) in [4.78, 5) is 18.2. The molecule has 0 aliphatic heterocycles. The van der Waals surface area contributed by atoms with Gasteiger partial charge in [0.1, 0.15) is 5.75 Å². The van der Waals surface area contributed by atoms with E-state index < -0.39 is 17.7 Å². The van der Waals surface area contributed by atoms with Crippen LogP contribution in [0.2, 0.25) is 0 Å². The monoisotopic (exact) mass is 379 g/mol. The molecule has 0 spiro atoms. The van der Waals surface area contributed by atoms with Gasteiger partial charge in [-0.1, -0.05) is 0 Å². The lowest BCUT2D eigenvalue weighted by molar-refractivity contribution is -0.138. The van der Waals surface area contributed by atoms with Crippen LogP contribution in [0.3, 0.4) is 0 Å². The first-order valence-corrected chi connectivity index (χ1v) is 7.99. The Morgan fingerprint density at radius 3 is 2.56 bits per heavy atom. The fraction of sp³-hybridized carbons (Fsp3) is 0.222. The third-order valence-electron chi connectivity index (χ3n) is 3.97. The number of carboxylic acids is 1. The molecule has 2 aromatic carbocycles. The van der Waals surface area contributed by atoms with Gasteiger partial charge in [0.05, 0.1) is 23.7 Å². The molecule has 1 heterocycles. The first-order chi connectivity index (χ1) is 12.8. The summed E-state index contributed by atoms with van der Waals surface area (Å²) in [7, 11) is 1.49. The van der Waals surface area contributed by atoms with Crippen molar-refractivity contribution in [2.75, 3.05) is 12.4 Å². The van der Waals surface area contributed by atoms with E-state index >= 15 is 0 Å². The van der Waals surface area contributed by atoms with Crippen LogP contribution < -0.4 is 10.1 Å². The molecule has 3 N–H and O–H groups in total. The zero-order valence-corrected chi connectivity index (χ0v) is 14.2. The maximum absolute atomic E-state index is 12.6. The van der Waals surface area contributed by atoms with Crippen molar-refractivity contribution in [1.82, 2.24) is 9.97 Å². The molecule has 0 saturated carbocycles. The van der Waals surface area contributed by atoms with E-state index in [2.05, 4.69) is 15.3 Å². The lowest BCUT2D eigenvalue weighted by atomic mass is 10.1. The summed E-state index contributed by atoms with van der Waals surface area (Å²) in [6.07, 6.45) is -4.13. The number of fused-ring (bicyclic) bond motifs is 1. The van der Waals surface area contributed by atoms with Gasteiger partial charge in [0, 0.05) is 18.2 Å². The predicted octanol–water partition coefficient (Wildman–Crippen LogP) is 4.35.